The number of nitriles is 1. The Balaban J connectivity index is 1.33. The number of nitrogens with two attached hydrogens (primary N) is 1. The van der Waals surface area contributed by atoms with Crippen LogP contribution in [0.4, 0.5) is 4.39 Å². The van der Waals surface area contributed by atoms with Gasteiger partial charge in [0.15, 0.2) is 6.61 Å². The lowest BCUT2D eigenvalue weighted by atomic mass is 9.83. The molecule has 0 radical (unpaired) electrons. The largest absolute Gasteiger partial charge is 0.489 e. The minimum atomic E-state index is -0.580. The van der Waals surface area contributed by atoms with E-state index in [0.29, 0.717) is 22.8 Å². The van der Waals surface area contributed by atoms with Crippen molar-refractivity contribution in [3.8, 4) is 29.1 Å². The smallest absolute Gasteiger partial charge is 0.349 e. The second-order valence-corrected chi connectivity index (χ2v) is 9.70. The maximum Gasteiger partial charge on any atom is 0.349 e. The molecule has 0 saturated heterocycles. The molecule has 1 atom stereocenters. The predicted molar refractivity (Wildman–Crippen MR) is 150 cm³/mol. The molecule has 0 aliphatic carbocycles. The Morgan fingerprint density at radius 2 is 1.68 bits per heavy atom. The number of nitrogens with zero attached hydrogens (tertiary/aromatic N) is 1. The molecule has 41 heavy (non-hydrogen) atoms. The van der Waals surface area contributed by atoms with Gasteiger partial charge in [0.1, 0.15) is 47.1 Å². The van der Waals surface area contributed by atoms with E-state index in [1.165, 1.54) is 12.1 Å². The summed E-state index contributed by atoms with van der Waals surface area (Å²) in [5, 5.41) is 9.91. The summed E-state index contributed by atoms with van der Waals surface area (Å²) >= 11 is 0. The third-order valence-corrected chi connectivity index (χ3v) is 6.48. The van der Waals surface area contributed by atoms with Crippen LogP contribution in [0.2, 0.25) is 0 Å². The summed E-state index contributed by atoms with van der Waals surface area (Å²) in [6, 6.07) is 26.2. The fraction of sp³-hybridized carbons (Fsp3) is 0.152. The number of carbonyl (C=O) groups excluding carboxylic acids is 1. The van der Waals surface area contributed by atoms with E-state index in [9.17, 15) is 14.4 Å². The van der Waals surface area contributed by atoms with Crippen LogP contribution in [-0.4, -0.2) is 12.6 Å². The van der Waals surface area contributed by atoms with Crippen LogP contribution >= 0.6 is 0 Å². The van der Waals surface area contributed by atoms with Gasteiger partial charge in [-0.3, -0.25) is 0 Å². The number of hydrogen-bond donors (Lipinski definition) is 1. The van der Waals surface area contributed by atoms with Gasteiger partial charge in [-0.2, -0.15) is 5.26 Å². The van der Waals surface area contributed by atoms with E-state index in [-0.39, 0.29) is 36.2 Å². The number of hydrogen-bond acceptors (Lipinski definition) is 7. The van der Waals surface area contributed by atoms with Crippen LogP contribution in [0.25, 0.3) is 0 Å². The van der Waals surface area contributed by atoms with Crippen LogP contribution in [0.3, 0.4) is 0 Å². The Morgan fingerprint density at radius 1 is 0.927 bits per heavy atom. The lowest BCUT2D eigenvalue weighted by molar-refractivity contribution is -0.136. The highest BCUT2D eigenvalue weighted by atomic mass is 19.1. The first-order valence-electron chi connectivity index (χ1n) is 12.9. The number of rotatable bonds is 8. The van der Waals surface area contributed by atoms with Crippen LogP contribution in [0.1, 0.15) is 33.7 Å². The monoisotopic (exact) mass is 550 g/mol. The molecule has 1 heterocycles. The van der Waals surface area contributed by atoms with Crippen LogP contribution in [0, 0.1) is 31.0 Å². The number of aryl methyl sites for hydroxylation is 2. The van der Waals surface area contributed by atoms with Crippen LogP contribution in [0.5, 0.6) is 23.0 Å². The zero-order valence-corrected chi connectivity index (χ0v) is 22.5. The summed E-state index contributed by atoms with van der Waals surface area (Å²) in [6.07, 6.45) is 0. The van der Waals surface area contributed by atoms with Gasteiger partial charge in [-0.25, -0.2) is 9.18 Å². The molecule has 0 spiro atoms. The molecule has 0 saturated carbocycles. The third kappa shape index (κ3) is 6.48. The number of benzene rings is 4. The Labute approximate surface area is 237 Å². The summed E-state index contributed by atoms with van der Waals surface area (Å²) in [6.45, 7) is 3.88. The van der Waals surface area contributed by atoms with Crippen molar-refractivity contribution in [2.45, 2.75) is 26.4 Å². The average Bonchev–Trinajstić information content (AvgIpc) is 2.94. The molecule has 8 heteroatoms. The van der Waals surface area contributed by atoms with Crippen molar-refractivity contribution < 1.29 is 28.1 Å². The zero-order chi connectivity index (χ0) is 28.9. The summed E-state index contributed by atoms with van der Waals surface area (Å²) in [4.78, 5) is 12.5. The Kier molecular flexibility index (Phi) is 7.88. The van der Waals surface area contributed by atoms with E-state index in [2.05, 4.69) is 6.07 Å². The third-order valence-electron chi connectivity index (χ3n) is 6.48. The van der Waals surface area contributed by atoms with Crippen molar-refractivity contribution in [1.29, 1.82) is 5.26 Å². The summed E-state index contributed by atoms with van der Waals surface area (Å²) in [5.41, 5.74) is 10.7. The Hall–Kier alpha value is -5.29. The molecule has 0 bridgehead atoms. The molecule has 4 aromatic carbocycles. The molecular weight excluding hydrogens is 523 g/mol. The zero-order valence-electron chi connectivity index (χ0n) is 22.5. The van der Waals surface area contributed by atoms with Crippen molar-refractivity contribution in [1.82, 2.24) is 0 Å². The van der Waals surface area contributed by atoms with Gasteiger partial charge in [0.25, 0.3) is 0 Å². The van der Waals surface area contributed by atoms with Crippen molar-refractivity contribution in [2.24, 2.45) is 5.73 Å². The fourth-order valence-electron chi connectivity index (χ4n) is 4.69. The van der Waals surface area contributed by atoms with Gasteiger partial charge in [-0.1, -0.05) is 36.4 Å². The van der Waals surface area contributed by atoms with E-state index in [4.69, 9.17) is 24.7 Å². The van der Waals surface area contributed by atoms with Gasteiger partial charge in [-0.05, 0) is 78.6 Å². The number of halogens is 1. The standard InChI is InChI=1S/C33H27FN2O5/c1-20-12-21(2)14-27(13-20)39-19-31(37)40-26-10-11-28-30(16-26)41-33(36)29(17-35)32(28)23-4-3-5-25(15-23)38-18-22-6-8-24(34)9-7-22/h3-16,32H,18-19,36H2,1-2H3. The van der Waals surface area contributed by atoms with Gasteiger partial charge in [-0.15, -0.1) is 0 Å². The van der Waals surface area contributed by atoms with E-state index in [1.807, 2.05) is 50.2 Å². The highest BCUT2D eigenvalue weighted by Crippen LogP contribution is 2.44. The molecule has 0 fully saturated rings. The van der Waals surface area contributed by atoms with Crippen LogP contribution in [0.15, 0.2) is 96.4 Å². The van der Waals surface area contributed by atoms with E-state index in [1.54, 1.807) is 36.4 Å². The molecule has 5 rings (SSSR count). The second kappa shape index (κ2) is 11.8. The predicted octanol–water partition coefficient (Wildman–Crippen LogP) is 6.22. The normalized spacial score (nSPS) is 14.0. The number of carbonyl (C=O) groups is 1. The lowest BCUT2D eigenvalue weighted by Gasteiger charge is -2.27. The number of ether oxygens (including phenoxy) is 4. The first kappa shape index (κ1) is 27.3. The first-order chi connectivity index (χ1) is 19.8. The molecule has 0 aromatic heterocycles. The second-order valence-electron chi connectivity index (χ2n) is 9.70. The quantitative estimate of drug-likeness (QED) is 0.205. The molecule has 2 N–H and O–H groups in total. The van der Waals surface area contributed by atoms with E-state index < -0.39 is 11.9 Å². The minimum absolute atomic E-state index is 0.0377. The fourth-order valence-corrected chi connectivity index (χ4v) is 4.69. The number of fused-ring (bicyclic) bond motifs is 1. The lowest BCUT2D eigenvalue weighted by Crippen LogP contribution is -2.21. The van der Waals surface area contributed by atoms with Gasteiger partial charge < -0.3 is 24.7 Å². The minimum Gasteiger partial charge on any atom is -0.489 e. The van der Waals surface area contributed by atoms with Crippen molar-refractivity contribution in [2.75, 3.05) is 6.61 Å². The number of esters is 1. The summed E-state index contributed by atoms with van der Waals surface area (Å²) in [7, 11) is 0. The average molecular weight is 551 g/mol. The summed E-state index contributed by atoms with van der Waals surface area (Å²) in [5.74, 6) is 0.312. The SMILES string of the molecule is Cc1cc(C)cc(OCC(=O)Oc2ccc3c(c2)OC(N)=C(C#N)C3c2cccc(OCc3ccc(F)cc3)c2)c1. The molecule has 1 aliphatic heterocycles. The maximum atomic E-state index is 13.2. The topological polar surface area (TPSA) is 104 Å². The van der Waals surface area contributed by atoms with Crippen molar-refractivity contribution in [3.63, 3.8) is 0 Å². The van der Waals surface area contributed by atoms with Gasteiger partial charge in [0, 0.05) is 11.6 Å². The van der Waals surface area contributed by atoms with Gasteiger partial charge in [0.2, 0.25) is 5.88 Å². The van der Waals surface area contributed by atoms with Gasteiger partial charge >= 0.3 is 5.97 Å². The molecule has 0 amide bonds. The summed E-state index contributed by atoms with van der Waals surface area (Å²) < 4.78 is 36.0. The van der Waals surface area contributed by atoms with Crippen LogP contribution < -0.4 is 24.7 Å². The van der Waals surface area contributed by atoms with E-state index >= 15 is 0 Å². The molecule has 4 aromatic rings. The van der Waals surface area contributed by atoms with Crippen molar-refractivity contribution in [3.05, 3.63) is 130 Å². The first-order valence-corrected chi connectivity index (χ1v) is 12.9. The molecular formula is C33H27FN2O5. The maximum absolute atomic E-state index is 13.2. The Morgan fingerprint density at radius 3 is 2.41 bits per heavy atom. The molecule has 206 valence electrons. The number of allylic oxidation sites excluding steroid dienone is 1. The Bertz CT molecular complexity index is 1650. The molecule has 1 aliphatic rings. The highest BCUT2D eigenvalue weighted by molar-refractivity contribution is 5.74. The highest BCUT2D eigenvalue weighted by Gasteiger charge is 2.31. The molecule has 7 nitrogen and oxygen atoms in total. The van der Waals surface area contributed by atoms with Crippen LogP contribution in [-0.2, 0) is 11.4 Å². The van der Waals surface area contributed by atoms with Gasteiger partial charge in [0.05, 0.1) is 5.92 Å². The van der Waals surface area contributed by atoms with Crippen molar-refractivity contribution >= 4 is 5.97 Å². The molecule has 1 unspecified atom stereocenters. The van der Waals surface area contributed by atoms with E-state index in [0.717, 1.165) is 22.3 Å².